The van der Waals surface area contributed by atoms with E-state index in [1.807, 2.05) is 6.07 Å². The normalized spacial score (nSPS) is 11.4. The lowest BCUT2D eigenvalue weighted by Crippen LogP contribution is -2.36. The minimum atomic E-state index is -0.180. The molecule has 0 aliphatic heterocycles. The number of nitrogens with zero attached hydrogens (tertiary/aromatic N) is 1. The molecule has 122 valence electrons. The van der Waals surface area contributed by atoms with Crippen LogP contribution in [0.5, 0.6) is 0 Å². The van der Waals surface area contributed by atoms with Gasteiger partial charge in [0.15, 0.2) is 5.96 Å². The van der Waals surface area contributed by atoms with Crippen molar-refractivity contribution < 1.29 is 4.39 Å². The predicted molar refractivity (Wildman–Crippen MR) is 96.4 cm³/mol. The number of hydrogen-bond acceptors (Lipinski definition) is 2. The molecule has 2 aromatic rings. The maximum atomic E-state index is 13.5. The molecule has 0 bridgehead atoms. The average molecular weight is 331 g/mol. The van der Waals surface area contributed by atoms with Gasteiger partial charge in [-0.25, -0.2) is 4.39 Å². The Hall–Kier alpha value is -2.01. The van der Waals surface area contributed by atoms with Crippen LogP contribution in [-0.4, -0.2) is 19.3 Å². The summed E-state index contributed by atoms with van der Waals surface area (Å²) < 4.78 is 13.5. The second kappa shape index (κ2) is 8.58. The van der Waals surface area contributed by atoms with Crippen LogP contribution in [0.4, 0.5) is 4.39 Å². The van der Waals surface area contributed by atoms with E-state index >= 15 is 0 Å². The van der Waals surface area contributed by atoms with Crippen LogP contribution in [0.1, 0.15) is 16.7 Å². The molecule has 0 radical (unpaired) electrons. The molecule has 0 aliphatic rings. The summed E-state index contributed by atoms with van der Waals surface area (Å²) in [5, 5.41) is 6.45. The van der Waals surface area contributed by atoms with Gasteiger partial charge < -0.3 is 10.6 Å². The Balaban J connectivity index is 1.86. The Morgan fingerprint density at radius 1 is 1.04 bits per heavy atom. The highest BCUT2D eigenvalue weighted by atomic mass is 32.2. The number of rotatable bonds is 5. The first kappa shape index (κ1) is 17.3. The zero-order chi connectivity index (χ0) is 16.7. The van der Waals surface area contributed by atoms with E-state index in [2.05, 4.69) is 46.1 Å². The van der Waals surface area contributed by atoms with Crippen LogP contribution in [0.25, 0.3) is 0 Å². The molecule has 0 amide bonds. The van der Waals surface area contributed by atoms with Crippen LogP contribution in [0.15, 0.2) is 52.4 Å². The van der Waals surface area contributed by atoms with E-state index in [4.69, 9.17) is 0 Å². The molecule has 3 nitrogen and oxygen atoms in total. The molecule has 0 atom stereocenters. The van der Waals surface area contributed by atoms with Crippen LogP contribution in [0.2, 0.25) is 0 Å². The minimum absolute atomic E-state index is 0.180. The first-order chi connectivity index (χ1) is 11.1. The fraction of sp³-hybridized carbons (Fsp3) is 0.278. The number of benzene rings is 2. The Kier molecular flexibility index (Phi) is 6.47. The van der Waals surface area contributed by atoms with Crippen molar-refractivity contribution >= 4 is 17.7 Å². The zero-order valence-corrected chi connectivity index (χ0v) is 14.5. The molecule has 0 heterocycles. The molecule has 0 saturated carbocycles. The molecule has 2 N–H and O–H groups in total. The Morgan fingerprint density at radius 2 is 1.65 bits per heavy atom. The SMILES string of the molecule is CN=C(NCc1ccc(SC)cc1)NCc1ccc(C)c(F)c1. The van der Waals surface area contributed by atoms with Crippen LogP contribution in [0.3, 0.4) is 0 Å². The summed E-state index contributed by atoms with van der Waals surface area (Å²) in [5.41, 5.74) is 2.73. The summed E-state index contributed by atoms with van der Waals surface area (Å²) in [6.07, 6.45) is 2.06. The molecule has 0 fully saturated rings. The molecular formula is C18H22FN3S. The van der Waals surface area contributed by atoms with Crippen molar-refractivity contribution in [3.8, 4) is 0 Å². The molecule has 2 aromatic carbocycles. The fourth-order valence-corrected chi connectivity index (χ4v) is 2.49. The van der Waals surface area contributed by atoms with Gasteiger partial charge in [-0.15, -0.1) is 11.8 Å². The van der Waals surface area contributed by atoms with Gasteiger partial charge in [-0.05, 0) is 48.1 Å². The predicted octanol–water partition coefficient (Wildman–Crippen LogP) is 3.72. The van der Waals surface area contributed by atoms with Crippen molar-refractivity contribution in [2.24, 2.45) is 4.99 Å². The van der Waals surface area contributed by atoms with E-state index in [1.165, 1.54) is 10.5 Å². The van der Waals surface area contributed by atoms with Gasteiger partial charge >= 0.3 is 0 Å². The van der Waals surface area contributed by atoms with Crippen molar-refractivity contribution in [1.82, 2.24) is 10.6 Å². The van der Waals surface area contributed by atoms with Gasteiger partial charge in [0, 0.05) is 25.0 Å². The summed E-state index contributed by atoms with van der Waals surface area (Å²) in [6, 6.07) is 13.7. The van der Waals surface area contributed by atoms with Crippen LogP contribution in [0, 0.1) is 12.7 Å². The number of aryl methyl sites for hydroxylation is 1. The highest BCUT2D eigenvalue weighted by molar-refractivity contribution is 7.98. The minimum Gasteiger partial charge on any atom is -0.352 e. The molecule has 0 aliphatic carbocycles. The topological polar surface area (TPSA) is 36.4 Å². The van der Waals surface area contributed by atoms with Crippen LogP contribution in [-0.2, 0) is 13.1 Å². The number of guanidine groups is 1. The number of aliphatic imine (C=N–C) groups is 1. The number of nitrogens with one attached hydrogen (secondary N) is 2. The summed E-state index contributed by atoms with van der Waals surface area (Å²) in [4.78, 5) is 5.44. The highest BCUT2D eigenvalue weighted by Crippen LogP contribution is 2.14. The van der Waals surface area contributed by atoms with Crippen molar-refractivity contribution in [1.29, 1.82) is 0 Å². The van der Waals surface area contributed by atoms with Gasteiger partial charge in [0.05, 0.1) is 0 Å². The highest BCUT2D eigenvalue weighted by Gasteiger charge is 2.02. The lowest BCUT2D eigenvalue weighted by Gasteiger charge is -2.12. The molecule has 0 saturated heterocycles. The maximum Gasteiger partial charge on any atom is 0.191 e. The third-order valence-corrected chi connectivity index (χ3v) is 4.28. The molecule has 5 heteroatoms. The largest absolute Gasteiger partial charge is 0.352 e. The first-order valence-electron chi connectivity index (χ1n) is 7.45. The number of thioether (sulfide) groups is 1. The van der Waals surface area contributed by atoms with Gasteiger partial charge in [-0.2, -0.15) is 0 Å². The standard InChI is InChI=1S/C18H22FN3S/c1-13-4-5-15(10-17(13)19)12-22-18(20-2)21-11-14-6-8-16(23-3)9-7-14/h4-10H,11-12H2,1-3H3,(H2,20,21,22). The summed E-state index contributed by atoms with van der Waals surface area (Å²) in [5.74, 6) is 0.515. The summed E-state index contributed by atoms with van der Waals surface area (Å²) >= 11 is 1.73. The fourth-order valence-electron chi connectivity index (χ4n) is 2.08. The zero-order valence-electron chi connectivity index (χ0n) is 13.7. The Labute approximate surface area is 141 Å². The maximum absolute atomic E-state index is 13.5. The lowest BCUT2D eigenvalue weighted by atomic mass is 10.1. The molecule has 0 aromatic heterocycles. The van der Waals surface area contributed by atoms with Crippen LogP contribution < -0.4 is 10.6 Å². The van der Waals surface area contributed by atoms with Crippen molar-refractivity contribution in [3.63, 3.8) is 0 Å². The van der Waals surface area contributed by atoms with Gasteiger partial charge in [-0.1, -0.05) is 24.3 Å². The van der Waals surface area contributed by atoms with Crippen molar-refractivity contribution in [2.75, 3.05) is 13.3 Å². The lowest BCUT2D eigenvalue weighted by molar-refractivity contribution is 0.615. The van der Waals surface area contributed by atoms with E-state index in [0.29, 0.717) is 24.6 Å². The van der Waals surface area contributed by atoms with Crippen molar-refractivity contribution in [3.05, 3.63) is 65.0 Å². The second-order valence-electron chi connectivity index (χ2n) is 5.21. The monoisotopic (exact) mass is 331 g/mol. The first-order valence-corrected chi connectivity index (χ1v) is 8.67. The second-order valence-corrected chi connectivity index (χ2v) is 6.09. The summed E-state index contributed by atoms with van der Waals surface area (Å²) in [6.45, 7) is 2.98. The molecule has 2 rings (SSSR count). The quantitative estimate of drug-likeness (QED) is 0.498. The van der Waals surface area contributed by atoms with E-state index in [0.717, 1.165) is 5.56 Å². The smallest absolute Gasteiger partial charge is 0.191 e. The van der Waals surface area contributed by atoms with E-state index in [-0.39, 0.29) is 5.82 Å². The number of halogens is 1. The molecule has 23 heavy (non-hydrogen) atoms. The summed E-state index contributed by atoms with van der Waals surface area (Å²) in [7, 11) is 1.72. The van der Waals surface area contributed by atoms with Gasteiger partial charge in [0.2, 0.25) is 0 Å². The molecule has 0 unspecified atom stereocenters. The van der Waals surface area contributed by atoms with Crippen molar-refractivity contribution in [2.45, 2.75) is 24.9 Å². The van der Waals surface area contributed by atoms with E-state index in [1.54, 1.807) is 37.9 Å². The van der Waals surface area contributed by atoms with Gasteiger partial charge in [-0.3, -0.25) is 4.99 Å². The van der Waals surface area contributed by atoms with Gasteiger partial charge in [0.25, 0.3) is 0 Å². The average Bonchev–Trinajstić information content (AvgIpc) is 2.58. The number of hydrogen-bond donors (Lipinski definition) is 2. The van der Waals surface area contributed by atoms with E-state index in [9.17, 15) is 4.39 Å². The molecule has 0 spiro atoms. The van der Waals surface area contributed by atoms with Crippen LogP contribution >= 0.6 is 11.8 Å². The Morgan fingerprint density at radius 3 is 2.22 bits per heavy atom. The Bertz CT molecular complexity index is 668. The third-order valence-electron chi connectivity index (χ3n) is 3.54. The molecular weight excluding hydrogens is 309 g/mol. The van der Waals surface area contributed by atoms with E-state index < -0.39 is 0 Å². The van der Waals surface area contributed by atoms with Gasteiger partial charge in [0.1, 0.15) is 5.82 Å². The third kappa shape index (κ3) is 5.28.